The van der Waals surface area contributed by atoms with Crippen molar-refractivity contribution in [1.29, 1.82) is 0 Å². The molecule has 0 aromatic rings. The first-order valence-electron chi connectivity index (χ1n) is 9.45. The fraction of sp³-hybridized carbons (Fsp3) is 0.850. The Balaban J connectivity index is 1.59. The van der Waals surface area contributed by atoms with Crippen LogP contribution in [-0.4, -0.2) is 17.0 Å². The molecule has 0 aromatic heterocycles. The Bertz CT molecular complexity index is 640. The number of aliphatic hydroxyl groups is 1. The van der Waals surface area contributed by atoms with Crippen LogP contribution in [0.25, 0.3) is 0 Å². The van der Waals surface area contributed by atoms with Crippen LogP contribution in [0.5, 0.6) is 0 Å². The normalized spacial score (nSPS) is 57.5. The van der Waals surface area contributed by atoms with E-state index in [1.165, 1.54) is 24.8 Å². The molecule has 5 rings (SSSR count). The number of fused-ring (bicyclic) bond motifs is 3. The number of allylic oxidation sites excluding steroid dienone is 1. The molecule has 0 saturated heterocycles. The van der Waals surface area contributed by atoms with Crippen molar-refractivity contribution in [3.63, 3.8) is 0 Å². The van der Waals surface area contributed by atoms with E-state index in [-0.39, 0.29) is 22.7 Å². The van der Waals surface area contributed by atoms with Crippen LogP contribution in [-0.2, 0) is 4.79 Å². The summed E-state index contributed by atoms with van der Waals surface area (Å²) in [4.78, 5) is 12.1. The zero-order valence-electron chi connectivity index (χ0n) is 14.2. The number of ketones is 1. The molecule has 5 aliphatic carbocycles. The molecule has 2 nitrogen and oxygen atoms in total. The minimum absolute atomic E-state index is 0.0940. The summed E-state index contributed by atoms with van der Waals surface area (Å²) in [5, 5.41) is 11.2. The van der Waals surface area contributed by atoms with Crippen LogP contribution in [0.4, 0.5) is 0 Å². The molecule has 23 heavy (non-hydrogen) atoms. The van der Waals surface area contributed by atoms with Gasteiger partial charge in [-0.3, -0.25) is 4.79 Å². The molecular formula is C20H27ClO2. The van der Waals surface area contributed by atoms with Gasteiger partial charge in [0.05, 0.1) is 11.1 Å². The van der Waals surface area contributed by atoms with Crippen molar-refractivity contribution >= 4 is 17.4 Å². The Morgan fingerprint density at radius 1 is 1.13 bits per heavy atom. The quantitative estimate of drug-likeness (QED) is 0.710. The summed E-state index contributed by atoms with van der Waals surface area (Å²) in [5.41, 5.74) is 1.94. The lowest BCUT2D eigenvalue weighted by Gasteiger charge is -2.59. The summed E-state index contributed by atoms with van der Waals surface area (Å²) < 4.78 is 0. The highest BCUT2D eigenvalue weighted by molar-refractivity contribution is 6.43. The van der Waals surface area contributed by atoms with E-state index in [2.05, 4.69) is 13.8 Å². The largest absolute Gasteiger partial charge is 0.393 e. The van der Waals surface area contributed by atoms with E-state index in [0.717, 1.165) is 37.5 Å². The molecule has 0 amide bonds. The van der Waals surface area contributed by atoms with Crippen molar-refractivity contribution in [2.24, 2.45) is 34.0 Å². The molecule has 2 unspecified atom stereocenters. The van der Waals surface area contributed by atoms with Gasteiger partial charge in [-0.2, -0.15) is 0 Å². The van der Waals surface area contributed by atoms with Crippen LogP contribution in [0.15, 0.2) is 10.6 Å². The van der Waals surface area contributed by atoms with E-state index in [1.54, 1.807) is 0 Å². The van der Waals surface area contributed by atoms with Gasteiger partial charge >= 0.3 is 0 Å². The minimum atomic E-state index is -0.0940. The Hall–Kier alpha value is -0.340. The highest BCUT2D eigenvalue weighted by Crippen LogP contribution is 2.82. The summed E-state index contributed by atoms with van der Waals surface area (Å²) in [7, 11) is 0. The number of hydrogen-bond donors (Lipinski definition) is 1. The highest BCUT2D eigenvalue weighted by Gasteiger charge is 2.77. The topological polar surface area (TPSA) is 37.3 Å². The van der Waals surface area contributed by atoms with Gasteiger partial charge in [0.25, 0.3) is 0 Å². The molecule has 3 heteroatoms. The summed E-state index contributed by atoms with van der Waals surface area (Å²) in [6.45, 7) is 4.75. The van der Waals surface area contributed by atoms with Crippen molar-refractivity contribution in [2.45, 2.75) is 71.3 Å². The maximum Gasteiger partial charge on any atom is 0.174 e. The maximum absolute atomic E-state index is 12.1. The van der Waals surface area contributed by atoms with E-state index < -0.39 is 0 Å². The SMILES string of the molecule is C[C@]12CCC(=O)C(Cl)=C1CCC1C2CC[C@]2(C)[C@@H](O)C[C@@H]3C[C@@]132. The molecule has 1 N–H and O–H groups in total. The minimum Gasteiger partial charge on any atom is -0.393 e. The number of carbonyl (C=O) groups excluding carboxylic acids is 1. The summed E-state index contributed by atoms with van der Waals surface area (Å²) in [6.07, 6.45) is 8.41. The van der Waals surface area contributed by atoms with Gasteiger partial charge in [-0.15, -0.1) is 0 Å². The smallest absolute Gasteiger partial charge is 0.174 e. The second-order valence-electron chi connectivity index (χ2n) is 9.53. The third-order valence-corrected chi connectivity index (χ3v) is 9.61. The lowest BCUT2D eigenvalue weighted by Crippen LogP contribution is -2.53. The first kappa shape index (κ1) is 15.0. The van der Waals surface area contributed by atoms with Crippen LogP contribution < -0.4 is 0 Å². The molecule has 7 atom stereocenters. The van der Waals surface area contributed by atoms with Crippen LogP contribution >= 0.6 is 11.6 Å². The molecule has 0 aliphatic heterocycles. The molecular weight excluding hydrogens is 308 g/mol. The number of aliphatic hydroxyl groups excluding tert-OH is 1. The Kier molecular flexibility index (Phi) is 2.76. The van der Waals surface area contributed by atoms with Crippen LogP contribution in [0.2, 0.25) is 0 Å². The molecule has 0 heterocycles. The number of carbonyl (C=O) groups is 1. The second kappa shape index (κ2) is 4.25. The van der Waals surface area contributed by atoms with Crippen molar-refractivity contribution in [1.82, 2.24) is 0 Å². The standard InChI is InChI=1S/C20H27ClO2/c1-18-7-6-15(22)17(21)14(18)4-3-13-12(18)5-8-19(2)16(23)9-11-10-20(11,13)19/h11-13,16,23H,3-10H2,1-2H3/t11-,12?,13?,16+,18-,19-,20+/m1/s1. The second-order valence-corrected chi connectivity index (χ2v) is 9.91. The Labute approximate surface area is 143 Å². The van der Waals surface area contributed by atoms with E-state index in [1.807, 2.05) is 0 Å². The van der Waals surface area contributed by atoms with Gasteiger partial charge in [0.1, 0.15) is 0 Å². The zero-order chi connectivity index (χ0) is 16.2. The third kappa shape index (κ3) is 1.50. The molecule has 1 spiro atoms. The average molecular weight is 335 g/mol. The molecule has 126 valence electrons. The maximum atomic E-state index is 12.1. The van der Waals surface area contributed by atoms with Crippen molar-refractivity contribution < 1.29 is 9.90 Å². The first-order valence-corrected chi connectivity index (χ1v) is 9.83. The number of halogens is 1. The summed E-state index contributed by atoms with van der Waals surface area (Å²) in [6, 6.07) is 0. The fourth-order valence-corrected chi connectivity index (χ4v) is 8.26. The molecule has 5 aliphatic rings. The lowest BCUT2D eigenvalue weighted by molar-refractivity contribution is -0.120. The molecule has 0 aromatic carbocycles. The molecule has 4 saturated carbocycles. The van der Waals surface area contributed by atoms with Gasteiger partial charge in [0.2, 0.25) is 0 Å². The van der Waals surface area contributed by atoms with Crippen LogP contribution in [0, 0.1) is 34.0 Å². The first-order chi connectivity index (χ1) is 10.8. The van der Waals surface area contributed by atoms with Gasteiger partial charge in [0.15, 0.2) is 5.78 Å². The van der Waals surface area contributed by atoms with Crippen LogP contribution in [0.3, 0.4) is 0 Å². The predicted molar refractivity (Wildman–Crippen MR) is 89.9 cm³/mol. The van der Waals surface area contributed by atoms with Crippen molar-refractivity contribution in [3.8, 4) is 0 Å². The van der Waals surface area contributed by atoms with E-state index >= 15 is 0 Å². The van der Waals surface area contributed by atoms with Gasteiger partial charge in [-0.25, -0.2) is 0 Å². The third-order valence-electron chi connectivity index (χ3n) is 9.18. The lowest BCUT2D eigenvalue weighted by atomic mass is 9.45. The molecule has 4 fully saturated rings. The number of rotatable bonds is 0. The van der Waals surface area contributed by atoms with E-state index in [4.69, 9.17) is 11.6 Å². The van der Waals surface area contributed by atoms with Crippen molar-refractivity contribution in [2.75, 3.05) is 0 Å². The Morgan fingerprint density at radius 3 is 2.70 bits per heavy atom. The van der Waals surface area contributed by atoms with Gasteiger partial charge in [0, 0.05) is 6.42 Å². The number of hydrogen-bond acceptors (Lipinski definition) is 2. The predicted octanol–water partition coefficient (Wildman–Crippen LogP) is 4.45. The van der Waals surface area contributed by atoms with E-state index in [0.29, 0.717) is 22.8 Å². The summed E-state index contributed by atoms with van der Waals surface area (Å²) >= 11 is 6.46. The molecule has 0 radical (unpaired) electrons. The highest BCUT2D eigenvalue weighted by atomic mass is 35.5. The van der Waals surface area contributed by atoms with E-state index in [9.17, 15) is 9.90 Å². The van der Waals surface area contributed by atoms with Gasteiger partial charge in [-0.1, -0.05) is 25.4 Å². The monoisotopic (exact) mass is 334 g/mol. The fourth-order valence-electron chi connectivity index (χ4n) is 7.85. The van der Waals surface area contributed by atoms with Gasteiger partial charge < -0.3 is 5.11 Å². The zero-order valence-corrected chi connectivity index (χ0v) is 15.0. The average Bonchev–Trinajstić information content (AvgIpc) is 3.17. The Morgan fingerprint density at radius 2 is 1.91 bits per heavy atom. The summed E-state index contributed by atoms with van der Waals surface area (Å²) in [5.74, 6) is 2.31. The number of Topliss-reactive ketones (excluding diaryl/α,β-unsaturated/α-hetero) is 1. The van der Waals surface area contributed by atoms with Crippen LogP contribution in [0.1, 0.15) is 65.2 Å². The van der Waals surface area contributed by atoms with Crippen molar-refractivity contribution in [3.05, 3.63) is 10.6 Å². The van der Waals surface area contributed by atoms with Gasteiger partial charge in [-0.05, 0) is 84.5 Å². The molecule has 0 bridgehead atoms.